The molecule has 7 heteroatoms. The molecule has 0 spiro atoms. The number of likely N-dealkylation sites (tertiary alicyclic amines) is 1. The van der Waals surface area contributed by atoms with Gasteiger partial charge in [-0.15, -0.1) is 24.0 Å². The van der Waals surface area contributed by atoms with Gasteiger partial charge in [-0.1, -0.05) is 30.3 Å². The van der Waals surface area contributed by atoms with Gasteiger partial charge in [0.2, 0.25) is 0 Å². The summed E-state index contributed by atoms with van der Waals surface area (Å²) in [5.41, 5.74) is 2.19. The van der Waals surface area contributed by atoms with Crippen LogP contribution in [-0.2, 0) is 6.54 Å². The molecular weight excluding hydrogens is 477 g/mol. The third kappa shape index (κ3) is 7.56. The Bertz CT molecular complexity index is 728. The number of aromatic nitrogens is 1. The first-order chi connectivity index (χ1) is 13.8. The van der Waals surface area contributed by atoms with E-state index in [0.717, 1.165) is 37.7 Å². The van der Waals surface area contributed by atoms with Crippen molar-refractivity contribution in [2.45, 2.75) is 38.5 Å². The first kappa shape index (κ1) is 23.6. The van der Waals surface area contributed by atoms with Crippen LogP contribution < -0.4 is 10.6 Å². The third-order valence-electron chi connectivity index (χ3n) is 5.09. The Balaban J connectivity index is 0.00000300. The summed E-state index contributed by atoms with van der Waals surface area (Å²) in [4.78, 5) is 11.1. The summed E-state index contributed by atoms with van der Waals surface area (Å²) < 4.78 is 0. The largest absolute Gasteiger partial charge is 0.386 e. The van der Waals surface area contributed by atoms with Crippen LogP contribution in [0, 0.1) is 0 Å². The van der Waals surface area contributed by atoms with Crippen LogP contribution in [0.2, 0.25) is 0 Å². The molecule has 2 aromatic rings. The highest BCUT2D eigenvalue weighted by Gasteiger charge is 2.24. The topological polar surface area (TPSA) is 72.8 Å². The van der Waals surface area contributed by atoms with Crippen LogP contribution in [0.15, 0.2) is 59.9 Å². The SMILES string of the molecule is CCNC(=NCC(O)c1ccncc1)NCC1CCCN1Cc1ccccc1.I. The number of nitrogens with zero attached hydrogens (tertiary/aromatic N) is 3. The van der Waals surface area contributed by atoms with Gasteiger partial charge in [0.15, 0.2) is 5.96 Å². The average Bonchev–Trinajstić information content (AvgIpc) is 3.18. The van der Waals surface area contributed by atoms with Crippen molar-refractivity contribution in [3.63, 3.8) is 0 Å². The number of halogens is 1. The second-order valence-corrected chi connectivity index (χ2v) is 7.15. The van der Waals surface area contributed by atoms with E-state index in [9.17, 15) is 5.11 Å². The highest BCUT2D eigenvalue weighted by Crippen LogP contribution is 2.19. The predicted molar refractivity (Wildman–Crippen MR) is 128 cm³/mol. The number of aliphatic hydroxyl groups excluding tert-OH is 1. The summed E-state index contributed by atoms with van der Waals surface area (Å²) in [6, 6.07) is 14.8. The minimum Gasteiger partial charge on any atom is -0.386 e. The number of hydrogen-bond donors (Lipinski definition) is 3. The van der Waals surface area contributed by atoms with Crippen LogP contribution in [0.3, 0.4) is 0 Å². The molecule has 0 radical (unpaired) electrons. The van der Waals surface area contributed by atoms with Crippen LogP contribution in [0.5, 0.6) is 0 Å². The smallest absolute Gasteiger partial charge is 0.191 e. The van der Waals surface area contributed by atoms with E-state index in [1.807, 2.05) is 19.1 Å². The van der Waals surface area contributed by atoms with Gasteiger partial charge in [0, 0.05) is 38.1 Å². The lowest BCUT2D eigenvalue weighted by Crippen LogP contribution is -2.44. The van der Waals surface area contributed by atoms with Crippen molar-refractivity contribution >= 4 is 29.9 Å². The summed E-state index contributed by atoms with van der Waals surface area (Å²) in [6.45, 7) is 6.13. The molecule has 1 saturated heterocycles. The van der Waals surface area contributed by atoms with E-state index < -0.39 is 6.10 Å². The summed E-state index contributed by atoms with van der Waals surface area (Å²) in [5, 5.41) is 17.1. The van der Waals surface area contributed by atoms with Crippen molar-refractivity contribution in [3.05, 3.63) is 66.0 Å². The number of aliphatic hydroxyl groups is 1. The highest BCUT2D eigenvalue weighted by atomic mass is 127. The van der Waals surface area contributed by atoms with Crippen LogP contribution >= 0.6 is 24.0 Å². The maximum atomic E-state index is 10.3. The number of rotatable bonds is 8. The Hall–Kier alpha value is -1.71. The van der Waals surface area contributed by atoms with Gasteiger partial charge in [0.25, 0.3) is 0 Å². The van der Waals surface area contributed by atoms with Gasteiger partial charge >= 0.3 is 0 Å². The Morgan fingerprint density at radius 2 is 1.97 bits per heavy atom. The predicted octanol–water partition coefficient (Wildman–Crippen LogP) is 2.95. The molecule has 0 amide bonds. The molecule has 1 aromatic carbocycles. The number of pyridine rings is 1. The number of guanidine groups is 1. The minimum atomic E-state index is -0.625. The van der Waals surface area contributed by atoms with E-state index in [4.69, 9.17) is 0 Å². The summed E-state index contributed by atoms with van der Waals surface area (Å²) >= 11 is 0. The van der Waals surface area contributed by atoms with Gasteiger partial charge in [0.1, 0.15) is 0 Å². The van der Waals surface area contributed by atoms with Gasteiger partial charge < -0.3 is 15.7 Å². The third-order valence-corrected chi connectivity index (χ3v) is 5.09. The van der Waals surface area contributed by atoms with E-state index in [-0.39, 0.29) is 24.0 Å². The van der Waals surface area contributed by atoms with E-state index in [0.29, 0.717) is 12.6 Å². The lowest BCUT2D eigenvalue weighted by Gasteiger charge is -2.25. The molecule has 2 heterocycles. The number of hydrogen-bond acceptors (Lipinski definition) is 4. The van der Waals surface area contributed by atoms with E-state index in [1.54, 1.807) is 12.4 Å². The van der Waals surface area contributed by atoms with E-state index in [1.165, 1.54) is 18.4 Å². The number of aliphatic imine (C=N–C) groups is 1. The molecule has 3 N–H and O–H groups in total. The normalized spacial score (nSPS) is 18.1. The second kappa shape index (κ2) is 12.8. The van der Waals surface area contributed by atoms with Crippen molar-refractivity contribution in [2.75, 3.05) is 26.2 Å². The van der Waals surface area contributed by atoms with Crippen LogP contribution in [-0.4, -0.2) is 53.2 Å². The first-order valence-corrected chi connectivity index (χ1v) is 10.1. The number of nitrogens with one attached hydrogen (secondary N) is 2. The van der Waals surface area contributed by atoms with Crippen molar-refractivity contribution in [2.24, 2.45) is 4.99 Å². The first-order valence-electron chi connectivity index (χ1n) is 10.1. The zero-order valence-corrected chi connectivity index (χ0v) is 19.3. The molecule has 2 atom stereocenters. The maximum absolute atomic E-state index is 10.3. The highest BCUT2D eigenvalue weighted by molar-refractivity contribution is 14.0. The second-order valence-electron chi connectivity index (χ2n) is 7.15. The molecule has 1 aromatic heterocycles. The summed E-state index contributed by atoms with van der Waals surface area (Å²) in [5.74, 6) is 0.752. The molecule has 29 heavy (non-hydrogen) atoms. The zero-order chi connectivity index (χ0) is 19.6. The van der Waals surface area contributed by atoms with Crippen LogP contribution in [0.1, 0.15) is 37.0 Å². The number of benzene rings is 1. The monoisotopic (exact) mass is 509 g/mol. The molecule has 2 unspecified atom stereocenters. The van der Waals surface area contributed by atoms with Gasteiger partial charge in [-0.2, -0.15) is 0 Å². The standard InChI is InChI=1S/C22H31N5O.HI/c1-2-24-22(26-16-21(28)19-10-12-23-13-11-19)25-15-20-9-6-14-27(20)17-18-7-4-3-5-8-18;/h3-5,7-8,10-13,20-21,28H,2,6,9,14-17H2,1H3,(H2,24,25,26);1H. The molecule has 0 aliphatic carbocycles. The Morgan fingerprint density at radius 3 is 2.69 bits per heavy atom. The molecule has 0 saturated carbocycles. The molecule has 3 rings (SSSR count). The van der Waals surface area contributed by atoms with Crippen molar-refractivity contribution < 1.29 is 5.11 Å². The Labute approximate surface area is 190 Å². The quantitative estimate of drug-likeness (QED) is 0.290. The van der Waals surface area contributed by atoms with Gasteiger partial charge in [-0.25, -0.2) is 0 Å². The molecule has 6 nitrogen and oxygen atoms in total. The fourth-order valence-corrected chi connectivity index (χ4v) is 3.58. The van der Waals surface area contributed by atoms with Crippen LogP contribution in [0.25, 0.3) is 0 Å². The lowest BCUT2D eigenvalue weighted by molar-refractivity contribution is 0.187. The average molecular weight is 509 g/mol. The maximum Gasteiger partial charge on any atom is 0.191 e. The molecule has 1 aliphatic heterocycles. The molecule has 1 fully saturated rings. The van der Waals surface area contributed by atoms with E-state index in [2.05, 4.69) is 55.8 Å². The molecule has 0 bridgehead atoms. The fraction of sp³-hybridized carbons (Fsp3) is 0.455. The van der Waals surface area contributed by atoms with E-state index >= 15 is 0 Å². The molecule has 158 valence electrons. The Kier molecular flexibility index (Phi) is 10.4. The fourth-order valence-electron chi connectivity index (χ4n) is 3.58. The van der Waals surface area contributed by atoms with Crippen molar-refractivity contribution in [3.8, 4) is 0 Å². The van der Waals surface area contributed by atoms with Crippen LogP contribution in [0.4, 0.5) is 0 Å². The summed E-state index contributed by atoms with van der Waals surface area (Å²) in [6.07, 6.45) is 5.17. The van der Waals surface area contributed by atoms with Gasteiger partial charge in [0.05, 0.1) is 12.6 Å². The van der Waals surface area contributed by atoms with Crippen molar-refractivity contribution in [1.82, 2.24) is 20.5 Å². The summed E-state index contributed by atoms with van der Waals surface area (Å²) in [7, 11) is 0. The lowest BCUT2D eigenvalue weighted by atomic mass is 10.1. The van der Waals surface area contributed by atoms with Crippen molar-refractivity contribution in [1.29, 1.82) is 0 Å². The zero-order valence-electron chi connectivity index (χ0n) is 17.0. The minimum absolute atomic E-state index is 0. The molecular formula is C22H32IN5O. The van der Waals surface area contributed by atoms with Gasteiger partial charge in [-0.3, -0.25) is 14.9 Å². The van der Waals surface area contributed by atoms with Gasteiger partial charge in [-0.05, 0) is 49.6 Å². The molecule has 1 aliphatic rings. The Morgan fingerprint density at radius 1 is 1.21 bits per heavy atom.